The van der Waals surface area contributed by atoms with Gasteiger partial charge in [0.25, 0.3) is 0 Å². The number of carbonyl (C=O) groups is 1. The summed E-state index contributed by atoms with van der Waals surface area (Å²) in [4.78, 5) is 11.9. The zero-order valence-electron chi connectivity index (χ0n) is 10.6. The number of hydrogen-bond donors (Lipinski definition) is 2. The Kier molecular flexibility index (Phi) is 5.93. The summed E-state index contributed by atoms with van der Waals surface area (Å²) in [6.45, 7) is 0.0910. The van der Waals surface area contributed by atoms with Crippen LogP contribution in [0.4, 0.5) is 11.4 Å². The Hall–Kier alpha value is -0.750. The summed E-state index contributed by atoms with van der Waals surface area (Å²) in [5.41, 5.74) is 1.33. The molecule has 0 saturated carbocycles. The van der Waals surface area contributed by atoms with Gasteiger partial charge in [0.05, 0.1) is 22.3 Å². The van der Waals surface area contributed by atoms with Gasteiger partial charge in [0.15, 0.2) is 0 Å². The van der Waals surface area contributed by atoms with E-state index in [9.17, 15) is 4.79 Å². The molecule has 0 unspecified atom stereocenters. The number of amides is 1. The molecule has 2 rings (SSSR count). The summed E-state index contributed by atoms with van der Waals surface area (Å²) in [7, 11) is 0. The molecule has 0 saturated heterocycles. The van der Waals surface area contributed by atoms with E-state index >= 15 is 0 Å². The maximum atomic E-state index is 11.9. The molecule has 110 valence electrons. The Morgan fingerprint density at radius 1 is 1.00 bits per heavy atom. The molecule has 0 radical (unpaired) electrons. The van der Waals surface area contributed by atoms with Crippen molar-refractivity contribution in [3.8, 4) is 0 Å². The van der Waals surface area contributed by atoms with Gasteiger partial charge in [-0.3, -0.25) is 4.79 Å². The first-order valence-corrected chi connectivity index (χ1v) is 8.24. The van der Waals surface area contributed by atoms with Crippen molar-refractivity contribution in [1.29, 1.82) is 0 Å². The fourth-order valence-electron chi connectivity index (χ4n) is 1.58. The number of nitrogens with one attached hydrogen (secondary N) is 2. The van der Waals surface area contributed by atoms with Crippen LogP contribution >= 0.6 is 55.1 Å². The number of halogens is 4. The second-order valence-corrected chi connectivity index (χ2v) is 6.66. The quantitative estimate of drug-likeness (QED) is 0.595. The molecule has 2 N–H and O–H groups in total. The Morgan fingerprint density at radius 2 is 1.67 bits per heavy atom. The van der Waals surface area contributed by atoms with Crippen LogP contribution in [0, 0.1) is 0 Å². The van der Waals surface area contributed by atoms with Gasteiger partial charge >= 0.3 is 0 Å². The van der Waals surface area contributed by atoms with E-state index in [0.717, 1.165) is 10.2 Å². The van der Waals surface area contributed by atoms with E-state index in [0.29, 0.717) is 20.2 Å². The standard InChI is InChI=1S/C14H10Br2Cl2N2O/c15-8-1-3-9(4-2-8)20-12(21)7-19-11-6-5-10(16)13(17)14(11)18/h1-6,19H,7H2,(H,20,21). The van der Waals surface area contributed by atoms with Gasteiger partial charge < -0.3 is 10.6 Å². The molecule has 0 bridgehead atoms. The van der Waals surface area contributed by atoms with E-state index in [1.54, 1.807) is 12.1 Å². The molecule has 21 heavy (non-hydrogen) atoms. The SMILES string of the molecule is O=C(CNc1ccc(Br)c(Cl)c1Cl)Nc1ccc(Br)cc1. The number of hydrogen-bond acceptors (Lipinski definition) is 2. The smallest absolute Gasteiger partial charge is 0.243 e. The number of carbonyl (C=O) groups excluding carboxylic acids is 1. The molecule has 0 aliphatic carbocycles. The average molecular weight is 453 g/mol. The maximum Gasteiger partial charge on any atom is 0.243 e. The predicted octanol–water partition coefficient (Wildman–Crippen LogP) is 5.57. The van der Waals surface area contributed by atoms with E-state index in [2.05, 4.69) is 42.5 Å². The maximum absolute atomic E-state index is 11.9. The van der Waals surface area contributed by atoms with Crippen molar-refractivity contribution in [1.82, 2.24) is 0 Å². The van der Waals surface area contributed by atoms with E-state index in [4.69, 9.17) is 23.2 Å². The summed E-state index contributed by atoms with van der Waals surface area (Å²) in [5.74, 6) is -0.174. The lowest BCUT2D eigenvalue weighted by Gasteiger charge is -2.11. The summed E-state index contributed by atoms with van der Waals surface area (Å²) in [5, 5.41) is 6.52. The minimum Gasteiger partial charge on any atom is -0.375 e. The van der Waals surface area contributed by atoms with Crippen molar-refractivity contribution >= 4 is 72.3 Å². The average Bonchev–Trinajstić information content (AvgIpc) is 2.46. The molecule has 1 amide bonds. The molecule has 0 atom stereocenters. The third-order valence-electron chi connectivity index (χ3n) is 2.60. The van der Waals surface area contributed by atoms with Gasteiger partial charge in [0.2, 0.25) is 5.91 Å². The molecule has 0 heterocycles. The van der Waals surface area contributed by atoms with E-state index in [1.807, 2.05) is 24.3 Å². The highest BCUT2D eigenvalue weighted by Crippen LogP contribution is 2.35. The van der Waals surface area contributed by atoms with Gasteiger partial charge in [0, 0.05) is 14.6 Å². The highest BCUT2D eigenvalue weighted by atomic mass is 79.9. The van der Waals surface area contributed by atoms with Crippen LogP contribution in [0.3, 0.4) is 0 Å². The molecule has 0 aliphatic rings. The van der Waals surface area contributed by atoms with Gasteiger partial charge in [-0.1, -0.05) is 39.1 Å². The van der Waals surface area contributed by atoms with Crippen LogP contribution < -0.4 is 10.6 Å². The Labute approximate surface area is 149 Å². The van der Waals surface area contributed by atoms with Crippen molar-refractivity contribution in [2.45, 2.75) is 0 Å². The first-order valence-electron chi connectivity index (χ1n) is 5.90. The first kappa shape index (κ1) is 16.6. The molecule has 3 nitrogen and oxygen atoms in total. The van der Waals surface area contributed by atoms with Gasteiger partial charge in [-0.05, 0) is 52.3 Å². The monoisotopic (exact) mass is 450 g/mol. The van der Waals surface area contributed by atoms with Crippen molar-refractivity contribution in [3.05, 3.63) is 55.4 Å². The lowest BCUT2D eigenvalue weighted by atomic mass is 10.3. The largest absolute Gasteiger partial charge is 0.375 e. The van der Waals surface area contributed by atoms with Crippen LogP contribution in [0.25, 0.3) is 0 Å². The van der Waals surface area contributed by atoms with Gasteiger partial charge in [-0.25, -0.2) is 0 Å². The number of rotatable bonds is 4. The third kappa shape index (κ3) is 4.61. The Bertz CT molecular complexity index is 663. The van der Waals surface area contributed by atoms with Crippen LogP contribution in [0.5, 0.6) is 0 Å². The topological polar surface area (TPSA) is 41.1 Å². The van der Waals surface area contributed by atoms with Crippen molar-refractivity contribution in [2.24, 2.45) is 0 Å². The summed E-state index contributed by atoms with van der Waals surface area (Å²) in [6, 6.07) is 10.9. The van der Waals surface area contributed by atoms with Crippen molar-refractivity contribution < 1.29 is 4.79 Å². The Morgan fingerprint density at radius 3 is 2.33 bits per heavy atom. The molecule has 0 spiro atoms. The van der Waals surface area contributed by atoms with Crippen molar-refractivity contribution in [3.63, 3.8) is 0 Å². The Balaban J connectivity index is 1.95. The van der Waals surface area contributed by atoms with Crippen LogP contribution in [0.2, 0.25) is 10.0 Å². The van der Waals surface area contributed by atoms with E-state index in [-0.39, 0.29) is 12.5 Å². The second kappa shape index (κ2) is 7.49. The lowest BCUT2D eigenvalue weighted by Crippen LogP contribution is -2.21. The fraction of sp³-hybridized carbons (Fsp3) is 0.0714. The molecule has 0 fully saturated rings. The fourth-order valence-corrected chi connectivity index (χ4v) is 2.68. The molecule has 0 aromatic heterocycles. The zero-order valence-corrected chi connectivity index (χ0v) is 15.3. The third-order valence-corrected chi connectivity index (χ3v) is 4.90. The molecule has 2 aromatic carbocycles. The zero-order chi connectivity index (χ0) is 15.4. The van der Waals surface area contributed by atoms with E-state index in [1.165, 1.54) is 0 Å². The summed E-state index contributed by atoms with van der Waals surface area (Å²) >= 11 is 18.7. The minimum atomic E-state index is -0.174. The number of benzene rings is 2. The molecule has 2 aromatic rings. The van der Waals surface area contributed by atoms with Gasteiger partial charge in [-0.2, -0.15) is 0 Å². The highest BCUT2D eigenvalue weighted by molar-refractivity contribution is 9.10. The van der Waals surface area contributed by atoms with Crippen LogP contribution in [-0.4, -0.2) is 12.5 Å². The highest BCUT2D eigenvalue weighted by Gasteiger charge is 2.09. The van der Waals surface area contributed by atoms with Crippen LogP contribution in [0.1, 0.15) is 0 Å². The first-order chi connectivity index (χ1) is 9.97. The summed E-state index contributed by atoms with van der Waals surface area (Å²) in [6.07, 6.45) is 0. The van der Waals surface area contributed by atoms with E-state index < -0.39 is 0 Å². The van der Waals surface area contributed by atoms with Gasteiger partial charge in [0.1, 0.15) is 0 Å². The van der Waals surface area contributed by atoms with Crippen molar-refractivity contribution in [2.75, 3.05) is 17.2 Å². The van der Waals surface area contributed by atoms with Crippen LogP contribution in [-0.2, 0) is 4.79 Å². The second-order valence-electron chi connectivity index (χ2n) is 4.13. The number of anilines is 2. The minimum absolute atomic E-state index is 0.0910. The van der Waals surface area contributed by atoms with Crippen LogP contribution in [0.15, 0.2) is 45.3 Å². The normalized spacial score (nSPS) is 10.3. The molecular weight excluding hydrogens is 443 g/mol. The predicted molar refractivity (Wildman–Crippen MR) is 95.4 cm³/mol. The lowest BCUT2D eigenvalue weighted by molar-refractivity contribution is -0.114. The molecule has 0 aliphatic heterocycles. The summed E-state index contributed by atoms with van der Waals surface area (Å²) < 4.78 is 1.66. The molecular formula is C14H10Br2Cl2N2O. The van der Waals surface area contributed by atoms with Gasteiger partial charge in [-0.15, -0.1) is 0 Å². The molecule has 7 heteroatoms.